The zero-order chi connectivity index (χ0) is 23.8. The van der Waals surface area contributed by atoms with Crippen LogP contribution in [0.5, 0.6) is 0 Å². The molecule has 4 aromatic rings. The highest BCUT2D eigenvalue weighted by Gasteiger charge is 2.22. The SMILES string of the molecule is Cc1ccc(C)c(-c2cc3c(=O)n(CC(=O)N4CCN(c5ccc(F)cc5)CC4)ncn3n2)c1. The number of piperazine rings is 1. The van der Waals surface area contributed by atoms with Crippen LogP contribution in [0, 0.1) is 19.7 Å². The highest BCUT2D eigenvalue weighted by Crippen LogP contribution is 2.23. The van der Waals surface area contributed by atoms with E-state index in [4.69, 9.17) is 0 Å². The van der Waals surface area contributed by atoms with Crippen molar-refractivity contribution < 1.29 is 9.18 Å². The number of anilines is 1. The fraction of sp³-hybridized carbons (Fsp3) is 0.280. The van der Waals surface area contributed by atoms with E-state index in [9.17, 15) is 14.0 Å². The second kappa shape index (κ2) is 8.74. The summed E-state index contributed by atoms with van der Waals surface area (Å²) in [7, 11) is 0. The number of aryl methyl sites for hydroxylation is 2. The van der Waals surface area contributed by atoms with Gasteiger partial charge >= 0.3 is 0 Å². The maximum Gasteiger partial charge on any atom is 0.293 e. The number of carbonyl (C=O) groups is 1. The zero-order valence-electron chi connectivity index (χ0n) is 19.1. The first-order chi connectivity index (χ1) is 16.4. The van der Waals surface area contributed by atoms with Gasteiger partial charge in [-0.15, -0.1) is 0 Å². The lowest BCUT2D eigenvalue weighted by atomic mass is 10.0. The van der Waals surface area contributed by atoms with Gasteiger partial charge in [0, 0.05) is 37.4 Å². The van der Waals surface area contributed by atoms with Crippen molar-refractivity contribution in [1.29, 1.82) is 0 Å². The Kier molecular flexibility index (Phi) is 5.61. The standard InChI is InChI=1S/C25H25FN6O2/c1-17-3-4-18(2)21(13-17)22-14-23-25(34)31(27-16-32(23)28-22)15-24(33)30-11-9-29(10-12-30)20-7-5-19(26)6-8-20/h3-8,13-14,16H,9-12,15H2,1-2H3. The van der Waals surface area contributed by atoms with E-state index in [2.05, 4.69) is 15.1 Å². The van der Waals surface area contributed by atoms with Crippen LogP contribution in [0.2, 0.25) is 0 Å². The molecule has 0 saturated carbocycles. The molecule has 1 amide bonds. The molecule has 1 saturated heterocycles. The van der Waals surface area contributed by atoms with Crippen molar-refractivity contribution in [2.45, 2.75) is 20.4 Å². The number of hydrogen-bond donors (Lipinski definition) is 0. The number of hydrogen-bond acceptors (Lipinski definition) is 5. The molecule has 2 aromatic carbocycles. The molecule has 34 heavy (non-hydrogen) atoms. The Hall–Kier alpha value is -4.01. The van der Waals surface area contributed by atoms with Crippen LogP contribution in [-0.2, 0) is 11.3 Å². The molecular weight excluding hydrogens is 435 g/mol. The fourth-order valence-electron chi connectivity index (χ4n) is 4.29. The number of halogens is 1. The van der Waals surface area contributed by atoms with Gasteiger partial charge in [-0.1, -0.05) is 17.7 Å². The van der Waals surface area contributed by atoms with E-state index in [1.165, 1.54) is 27.7 Å². The highest BCUT2D eigenvalue weighted by atomic mass is 19.1. The van der Waals surface area contributed by atoms with E-state index in [1.54, 1.807) is 23.1 Å². The van der Waals surface area contributed by atoms with E-state index in [1.807, 2.05) is 32.0 Å². The summed E-state index contributed by atoms with van der Waals surface area (Å²) in [4.78, 5) is 29.8. The minimum absolute atomic E-state index is 0.129. The Balaban J connectivity index is 1.30. The van der Waals surface area contributed by atoms with Crippen LogP contribution in [-0.4, -0.2) is 56.4 Å². The highest BCUT2D eigenvalue weighted by molar-refractivity contribution is 5.76. The number of benzene rings is 2. The predicted octanol–water partition coefficient (Wildman–Crippen LogP) is 2.66. The quantitative estimate of drug-likeness (QED) is 0.468. The number of nitrogens with zero attached hydrogens (tertiary/aromatic N) is 6. The second-order valence-corrected chi connectivity index (χ2v) is 8.62. The van der Waals surface area contributed by atoms with Crippen molar-refractivity contribution in [1.82, 2.24) is 24.3 Å². The third-order valence-corrected chi connectivity index (χ3v) is 6.27. The average Bonchev–Trinajstić information content (AvgIpc) is 3.28. The van der Waals surface area contributed by atoms with Gasteiger partial charge in [0.15, 0.2) is 0 Å². The molecule has 3 heterocycles. The number of aromatic nitrogens is 4. The third kappa shape index (κ3) is 4.16. The van der Waals surface area contributed by atoms with Crippen molar-refractivity contribution in [2.75, 3.05) is 31.1 Å². The predicted molar refractivity (Wildman–Crippen MR) is 127 cm³/mol. The number of carbonyl (C=O) groups excluding carboxylic acids is 1. The molecule has 0 N–H and O–H groups in total. The molecule has 0 bridgehead atoms. The number of amides is 1. The van der Waals surface area contributed by atoms with E-state index < -0.39 is 0 Å². The Morgan fingerprint density at radius 1 is 1.00 bits per heavy atom. The van der Waals surface area contributed by atoms with Gasteiger partial charge in [0.25, 0.3) is 5.56 Å². The van der Waals surface area contributed by atoms with E-state index in [0.717, 1.165) is 22.4 Å². The van der Waals surface area contributed by atoms with Crippen LogP contribution in [0.4, 0.5) is 10.1 Å². The van der Waals surface area contributed by atoms with Gasteiger partial charge in [0.05, 0.1) is 5.69 Å². The summed E-state index contributed by atoms with van der Waals surface area (Å²) in [6.07, 6.45) is 1.46. The summed E-state index contributed by atoms with van der Waals surface area (Å²) < 4.78 is 15.8. The molecule has 0 aliphatic carbocycles. The zero-order valence-corrected chi connectivity index (χ0v) is 19.1. The van der Waals surface area contributed by atoms with Crippen molar-refractivity contribution >= 4 is 17.1 Å². The molecule has 5 rings (SSSR count). The molecule has 2 aromatic heterocycles. The van der Waals surface area contributed by atoms with Gasteiger partial charge in [-0.3, -0.25) is 9.59 Å². The van der Waals surface area contributed by atoms with Gasteiger partial charge in [0.2, 0.25) is 5.91 Å². The van der Waals surface area contributed by atoms with E-state index >= 15 is 0 Å². The molecule has 9 heteroatoms. The van der Waals surface area contributed by atoms with Gasteiger partial charge < -0.3 is 9.80 Å². The molecule has 1 aliphatic rings. The smallest absolute Gasteiger partial charge is 0.293 e. The van der Waals surface area contributed by atoms with Gasteiger partial charge in [-0.2, -0.15) is 10.2 Å². The molecular formula is C25H25FN6O2. The summed E-state index contributed by atoms with van der Waals surface area (Å²) in [5, 5.41) is 8.69. The first-order valence-corrected chi connectivity index (χ1v) is 11.2. The summed E-state index contributed by atoms with van der Waals surface area (Å²) in [5.41, 5.74) is 4.78. The Morgan fingerprint density at radius 3 is 2.47 bits per heavy atom. The first kappa shape index (κ1) is 21.8. The molecule has 0 unspecified atom stereocenters. The Morgan fingerprint density at radius 2 is 1.74 bits per heavy atom. The second-order valence-electron chi connectivity index (χ2n) is 8.62. The van der Waals surface area contributed by atoms with E-state index in [-0.39, 0.29) is 23.8 Å². The maximum atomic E-state index is 13.2. The minimum atomic E-state index is -0.357. The van der Waals surface area contributed by atoms with Gasteiger partial charge in [-0.25, -0.2) is 13.6 Å². The number of fused-ring (bicyclic) bond motifs is 1. The Labute approximate surface area is 195 Å². The molecule has 174 valence electrons. The summed E-state index contributed by atoms with van der Waals surface area (Å²) in [5.74, 6) is -0.432. The molecule has 0 atom stereocenters. The molecule has 1 aliphatic heterocycles. The topological polar surface area (TPSA) is 75.7 Å². The average molecular weight is 461 g/mol. The van der Waals surface area contributed by atoms with Crippen LogP contribution in [0.1, 0.15) is 11.1 Å². The lowest BCUT2D eigenvalue weighted by molar-refractivity contribution is -0.132. The molecule has 0 radical (unpaired) electrons. The Bertz CT molecular complexity index is 1420. The lowest BCUT2D eigenvalue weighted by Gasteiger charge is -2.36. The van der Waals surface area contributed by atoms with Crippen LogP contribution < -0.4 is 10.5 Å². The van der Waals surface area contributed by atoms with Crippen molar-refractivity contribution in [3.63, 3.8) is 0 Å². The number of rotatable bonds is 4. The molecule has 8 nitrogen and oxygen atoms in total. The lowest BCUT2D eigenvalue weighted by Crippen LogP contribution is -2.50. The van der Waals surface area contributed by atoms with Crippen LogP contribution in [0.15, 0.2) is 59.7 Å². The van der Waals surface area contributed by atoms with Crippen LogP contribution >= 0.6 is 0 Å². The van der Waals surface area contributed by atoms with Gasteiger partial charge in [0.1, 0.15) is 24.2 Å². The van der Waals surface area contributed by atoms with Gasteiger partial charge in [-0.05, 0) is 55.8 Å². The largest absolute Gasteiger partial charge is 0.368 e. The van der Waals surface area contributed by atoms with E-state index in [0.29, 0.717) is 37.4 Å². The molecule has 0 spiro atoms. The maximum absolute atomic E-state index is 13.2. The fourth-order valence-corrected chi connectivity index (χ4v) is 4.29. The summed E-state index contributed by atoms with van der Waals surface area (Å²) >= 11 is 0. The third-order valence-electron chi connectivity index (χ3n) is 6.27. The summed E-state index contributed by atoms with van der Waals surface area (Å²) in [6.45, 7) is 6.21. The van der Waals surface area contributed by atoms with Crippen molar-refractivity contribution in [2.24, 2.45) is 0 Å². The normalized spacial score (nSPS) is 14.1. The minimum Gasteiger partial charge on any atom is -0.368 e. The first-order valence-electron chi connectivity index (χ1n) is 11.2. The van der Waals surface area contributed by atoms with Crippen molar-refractivity contribution in [3.05, 3.63) is 82.2 Å². The summed E-state index contributed by atoms with van der Waals surface area (Å²) in [6, 6.07) is 14.2. The van der Waals surface area contributed by atoms with Crippen molar-refractivity contribution in [3.8, 4) is 11.3 Å². The van der Waals surface area contributed by atoms with Crippen LogP contribution in [0.25, 0.3) is 16.8 Å². The molecule has 1 fully saturated rings. The monoisotopic (exact) mass is 460 g/mol. The van der Waals surface area contributed by atoms with Crippen LogP contribution in [0.3, 0.4) is 0 Å².